The number of aliphatic imine (C=N–C) groups is 1. The van der Waals surface area contributed by atoms with Gasteiger partial charge in [-0.15, -0.1) is 4.99 Å². The fraction of sp³-hybridized carbons (Fsp3) is 0.569. The summed E-state index contributed by atoms with van der Waals surface area (Å²) >= 11 is 0. The van der Waals surface area contributed by atoms with Crippen LogP contribution in [0.4, 0.5) is 14.4 Å². The second kappa shape index (κ2) is 31.7. The van der Waals surface area contributed by atoms with E-state index in [1.54, 1.807) is 92.8 Å². The van der Waals surface area contributed by atoms with Gasteiger partial charge >= 0.3 is 18.3 Å². The maximum Gasteiger partial charge on any atom is 0.437 e. The molecule has 0 unspecified atom stereocenters. The molecule has 22 nitrogen and oxygen atoms in total. The Hall–Kier alpha value is -7.88. The first-order valence-electron chi connectivity index (χ1n) is 30.0. The number of alkyl carbamates (subject to hydrolysis) is 2. The second-order valence-corrected chi connectivity index (χ2v) is 26.9. The summed E-state index contributed by atoms with van der Waals surface area (Å²) in [7, 11) is 0. The minimum Gasteiger partial charge on any atom is -0.488 e. The number of nitrogens with zero attached hydrogens (tertiary/aromatic N) is 1. The zero-order chi connectivity index (χ0) is 65.0. The Morgan fingerprint density at radius 2 is 1.10 bits per heavy atom. The van der Waals surface area contributed by atoms with Crippen LogP contribution in [-0.4, -0.2) is 118 Å². The molecule has 1 aromatic heterocycles. The smallest absolute Gasteiger partial charge is 0.437 e. The number of para-hydroxylation sites is 1. The number of aromatic nitrogens is 1. The average molecular weight is 1210 g/mol. The van der Waals surface area contributed by atoms with Crippen LogP contribution in [0.3, 0.4) is 0 Å². The highest BCUT2D eigenvalue weighted by Crippen LogP contribution is 2.27. The van der Waals surface area contributed by atoms with Gasteiger partial charge in [-0.1, -0.05) is 61.7 Å². The molecule has 4 aromatic rings. The summed E-state index contributed by atoms with van der Waals surface area (Å²) in [6.07, 6.45) is 2.16. The number of guanidine groups is 1. The molecule has 0 saturated heterocycles. The molecule has 1 heterocycles. The van der Waals surface area contributed by atoms with E-state index in [9.17, 15) is 28.8 Å². The number of carbonyl (C=O) groups excluding carboxylic acids is 7. The zero-order valence-electron chi connectivity index (χ0n) is 53.9. The summed E-state index contributed by atoms with van der Waals surface area (Å²) in [5.41, 5.74) is 10.6. The van der Waals surface area contributed by atoms with Crippen LogP contribution in [0, 0.1) is 0 Å². The number of ether oxygens (including phenoxy) is 5. The normalized spacial score (nSPS) is 14.0. The Morgan fingerprint density at radius 1 is 0.563 bits per heavy atom. The summed E-state index contributed by atoms with van der Waals surface area (Å²) in [6, 6.07) is 18.3. The SMILES string of the molecule is CC(C)(C)OC(=O)N=C(NCCCCCC[C@](Cc1ccc(OC(C)(C)C)cc1)(NC(=O)[C@@H](N)Cc1ccc(OC(C)(C)C)cc1)C(=O)N[C@@H](CCCCNC(=O)OC(C)(C)C)C(=O)N[C@@H](Cc1c[nH]c2ccccc12)C(N)=O)NC(=O)OC(C)(C)C. The molecule has 0 aliphatic carbocycles. The Balaban J connectivity index is 1.74. The van der Waals surface area contributed by atoms with Crippen LogP contribution in [0.5, 0.6) is 11.5 Å². The van der Waals surface area contributed by atoms with Gasteiger partial charge in [0, 0.05) is 43.0 Å². The minimum absolute atomic E-state index is 0.0400. The van der Waals surface area contributed by atoms with Gasteiger partial charge in [0.05, 0.1) is 6.04 Å². The Kier molecular flexibility index (Phi) is 26.1. The quantitative estimate of drug-likeness (QED) is 0.0116. The number of nitrogens with two attached hydrogens (primary N) is 2. The maximum atomic E-state index is 15.8. The summed E-state index contributed by atoms with van der Waals surface area (Å²) in [5, 5.41) is 18.0. The van der Waals surface area contributed by atoms with Crippen LogP contribution in [0.15, 0.2) is 84.0 Å². The van der Waals surface area contributed by atoms with E-state index in [0.717, 1.165) is 22.0 Å². The number of amides is 7. The molecule has 7 amide bonds. The third-order valence-electron chi connectivity index (χ3n) is 12.8. The molecule has 0 fully saturated rings. The molecule has 0 aliphatic rings. The van der Waals surface area contributed by atoms with Gasteiger partial charge in [-0.2, -0.15) is 0 Å². The highest BCUT2D eigenvalue weighted by molar-refractivity contribution is 5.99. The second-order valence-electron chi connectivity index (χ2n) is 26.9. The number of rotatable bonds is 27. The van der Waals surface area contributed by atoms with Crippen molar-refractivity contribution in [3.63, 3.8) is 0 Å². The Morgan fingerprint density at radius 3 is 1.68 bits per heavy atom. The predicted molar refractivity (Wildman–Crippen MR) is 337 cm³/mol. The molecule has 3 aromatic carbocycles. The van der Waals surface area contributed by atoms with Crippen LogP contribution >= 0.6 is 0 Å². The zero-order valence-corrected chi connectivity index (χ0v) is 53.9. The van der Waals surface area contributed by atoms with Crippen molar-refractivity contribution >= 4 is 58.8 Å². The van der Waals surface area contributed by atoms with Gasteiger partial charge < -0.3 is 66.7 Å². The van der Waals surface area contributed by atoms with Crippen molar-refractivity contribution in [1.82, 2.24) is 36.9 Å². The lowest BCUT2D eigenvalue weighted by Crippen LogP contribution is -2.65. The van der Waals surface area contributed by atoms with Gasteiger partial charge in [0.1, 0.15) is 57.1 Å². The fourth-order valence-corrected chi connectivity index (χ4v) is 9.10. The molecule has 0 radical (unpaired) electrons. The van der Waals surface area contributed by atoms with E-state index in [4.69, 9.17) is 35.2 Å². The average Bonchev–Trinajstić information content (AvgIpc) is 3.36. The Bertz CT molecular complexity index is 2940. The molecule has 480 valence electrons. The highest BCUT2D eigenvalue weighted by atomic mass is 16.6. The number of unbranched alkanes of at least 4 members (excludes halogenated alkanes) is 4. The maximum absolute atomic E-state index is 15.8. The summed E-state index contributed by atoms with van der Waals surface area (Å²) in [6.45, 7) is 27.5. The van der Waals surface area contributed by atoms with Crippen molar-refractivity contribution in [2.75, 3.05) is 13.1 Å². The van der Waals surface area contributed by atoms with Gasteiger partial charge in [-0.25, -0.2) is 14.4 Å². The monoisotopic (exact) mass is 1210 g/mol. The standard InChI is InChI=1S/C65H98N10O12/c1-60(2,3)83-45-31-27-42(28-32-45)38-48(66)53(77)75-65(40-43-29-33-46(34-30-43)84-61(4,5)6,35-21-16-17-22-36-68-56(73-58(81)86-63(10,11)12)74-59(82)87-64(13,14)15)55(79)72-50(26-20-23-37-69-57(80)85-62(7,8)9)54(78)71-51(52(67)76)39-44-41-70-49-25-19-18-24-47(44)49/h18-19,24-25,27-34,41,48,50-51,70H,16-17,20-23,26,35-40,66H2,1-15H3,(H2,67,76)(H,69,80)(H,71,78)(H,72,79)(H,75,77)(H2,68,73,74,81,82)/t48-,50-,51-,65+/m0/s1. The van der Waals surface area contributed by atoms with Crippen LogP contribution in [-0.2, 0) is 52.7 Å². The van der Waals surface area contributed by atoms with Crippen LogP contribution < -0.4 is 52.8 Å². The molecule has 0 saturated carbocycles. The van der Waals surface area contributed by atoms with Crippen molar-refractivity contribution < 1.29 is 57.2 Å². The number of H-pyrrole nitrogens is 1. The topological polar surface area (TPSA) is 318 Å². The molecule has 87 heavy (non-hydrogen) atoms. The number of aromatic amines is 1. The number of nitrogens with one attached hydrogen (secondary N) is 7. The molecule has 0 spiro atoms. The van der Waals surface area contributed by atoms with Crippen molar-refractivity contribution in [1.29, 1.82) is 0 Å². The van der Waals surface area contributed by atoms with Crippen LogP contribution in [0.2, 0.25) is 0 Å². The number of hydrogen-bond acceptors (Lipinski definition) is 13. The van der Waals surface area contributed by atoms with E-state index in [-0.39, 0.29) is 51.2 Å². The molecule has 0 aliphatic heterocycles. The van der Waals surface area contributed by atoms with Gasteiger partial charge in [0.15, 0.2) is 0 Å². The molecular weight excluding hydrogens is 1110 g/mol. The molecule has 0 bridgehead atoms. The number of fused-ring (bicyclic) bond motifs is 1. The predicted octanol–water partition coefficient (Wildman–Crippen LogP) is 9.24. The summed E-state index contributed by atoms with van der Waals surface area (Å²) in [4.78, 5) is 104. The minimum atomic E-state index is -1.77. The van der Waals surface area contributed by atoms with Gasteiger partial charge in [-0.05, 0) is 189 Å². The number of hydrogen-bond donors (Lipinski definition) is 9. The molecule has 22 heteroatoms. The number of benzene rings is 3. The van der Waals surface area contributed by atoms with E-state index in [2.05, 4.69) is 41.9 Å². The van der Waals surface area contributed by atoms with E-state index in [1.807, 2.05) is 90.1 Å². The third-order valence-corrected chi connectivity index (χ3v) is 12.8. The van der Waals surface area contributed by atoms with E-state index < -0.39 is 93.6 Å². The van der Waals surface area contributed by atoms with E-state index >= 15 is 4.79 Å². The van der Waals surface area contributed by atoms with E-state index in [0.29, 0.717) is 55.6 Å². The Labute approximate surface area is 513 Å². The van der Waals surface area contributed by atoms with E-state index in [1.165, 1.54) is 0 Å². The fourth-order valence-electron chi connectivity index (χ4n) is 9.10. The number of carbonyl (C=O) groups is 7. The van der Waals surface area contributed by atoms with Crippen molar-refractivity contribution in [3.8, 4) is 11.5 Å². The van der Waals surface area contributed by atoms with Crippen LogP contribution in [0.25, 0.3) is 10.9 Å². The number of primary amides is 1. The first kappa shape index (κ1) is 71.6. The summed E-state index contributed by atoms with van der Waals surface area (Å²) in [5.74, 6) is -1.78. The lowest BCUT2D eigenvalue weighted by atomic mass is 9.83. The van der Waals surface area contributed by atoms with Crippen LogP contribution in [0.1, 0.15) is 172 Å². The van der Waals surface area contributed by atoms with Gasteiger partial charge in [0.25, 0.3) is 0 Å². The van der Waals surface area contributed by atoms with Crippen molar-refractivity contribution in [3.05, 3.63) is 95.7 Å². The molecule has 4 atom stereocenters. The largest absolute Gasteiger partial charge is 0.488 e. The lowest BCUT2D eigenvalue weighted by molar-refractivity contribution is -0.137. The molecule has 11 N–H and O–H groups in total. The van der Waals surface area contributed by atoms with Gasteiger partial charge in [0.2, 0.25) is 29.6 Å². The molecular formula is C65H98N10O12. The first-order valence-corrected chi connectivity index (χ1v) is 30.0. The highest BCUT2D eigenvalue weighted by Gasteiger charge is 2.43. The first-order chi connectivity index (χ1) is 40.4. The van der Waals surface area contributed by atoms with Gasteiger partial charge in [-0.3, -0.25) is 24.5 Å². The molecule has 4 rings (SSSR count). The van der Waals surface area contributed by atoms with Crippen molar-refractivity contribution in [2.45, 2.75) is 226 Å². The lowest BCUT2D eigenvalue weighted by Gasteiger charge is -2.36. The summed E-state index contributed by atoms with van der Waals surface area (Å²) < 4.78 is 28.3. The van der Waals surface area contributed by atoms with Crippen molar-refractivity contribution in [2.24, 2.45) is 16.5 Å². The third kappa shape index (κ3) is 27.6.